The Hall–Kier alpha value is -0.470. The summed E-state index contributed by atoms with van der Waals surface area (Å²) in [6.45, 7) is 5.04. The lowest BCUT2D eigenvalue weighted by molar-refractivity contribution is 0.364. The molecule has 1 heterocycles. The van der Waals surface area contributed by atoms with Gasteiger partial charge in [0.15, 0.2) is 0 Å². The highest BCUT2D eigenvalue weighted by atomic mass is 32.2. The Morgan fingerprint density at radius 3 is 2.56 bits per heavy atom. The Labute approximate surface area is 113 Å². The molecule has 0 unspecified atom stereocenters. The SMILES string of the molecule is CC(C)NCCc1ccc(S(=O)(=O)NN(C)C)s1. The summed E-state index contributed by atoms with van der Waals surface area (Å²) in [5.74, 6) is 0. The van der Waals surface area contributed by atoms with Crippen LogP contribution < -0.4 is 10.1 Å². The standard InChI is InChI=1S/C11H21N3O2S2/c1-9(2)12-8-7-10-5-6-11(17-10)18(15,16)13-14(3)4/h5-6,9,12-13H,7-8H2,1-4H3. The molecule has 5 nitrogen and oxygen atoms in total. The van der Waals surface area contributed by atoms with Crippen LogP contribution in [0.1, 0.15) is 18.7 Å². The Kier molecular flexibility index (Phi) is 5.74. The normalized spacial score (nSPS) is 12.6. The maximum atomic E-state index is 11.9. The molecule has 1 aromatic heterocycles. The molecule has 0 amide bonds. The molecule has 0 saturated heterocycles. The third-order valence-electron chi connectivity index (χ3n) is 2.13. The molecule has 0 atom stereocenters. The second kappa shape index (κ2) is 6.63. The minimum absolute atomic E-state index is 0.357. The van der Waals surface area contributed by atoms with Gasteiger partial charge in [-0.2, -0.15) is 0 Å². The first kappa shape index (κ1) is 15.6. The predicted octanol–water partition coefficient (Wildman–Crippen LogP) is 1.04. The Morgan fingerprint density at radius 1 is 1.33 bits per heavy atom. The summed E-state index contributed by atoms with van der Waals surface area (Å²) in [7, 11) is -0.103. The first-order valence-electron chi connectivity index (χ1n) is 5.83. The minimum Gasteiger partial charge on any atom is -0.314 e. The van der Waals surface area contributed by atoms with Crippen LogP contribution in [0.15, 0.2) is 16.3 Å². The highest BCUT2D eigenvalue weighted by Gasteiger charge is 2.17. The molecular weight excluding hydrogens is 270 g/mol. The van der Waals surface area contributed by atoms with Crippen LogP contribution in [0.3, 0.4) is 0 Å². The molecule has 18 heavy (non-hydrogen) atoms. The van der Waals surface area contributed by atoms with Crippen molar-refractivity contribution in [3.8, 4) is 0 Å². The van der Waals surface area contributed by atoms with Gasteiger partial charge in [0.2, 0.25) is 0 Å². The number of nitrogens with zero attached hydrogens (tertiary/aromatic N) is 1. The van der Waals surface area contributed by atoms with E-state index < -0.39 is 10.0 Å². The quantitative estimate of drug-likeness (QED) is 0.737. The van der Waals surface area contributed by atoms with Crippen molar-refractivity contribution in [2.45, 2.75) is 30.5 Å². The van der Waals surface area contributed by atoms with E-state index in [9.17, 15) is 8.42 Å². The topological polar surface area (TPSA) is 61.4 Å². The third-order valence-corrected chi connectivity index (χ3v) is 5.25. The molecule has 1 rings (SSSR count). The van der Waals surface area contributed by atoms with E-state index in [1.807, 2.05) is 6.07 Å². The molecule has 0 aliphatic rings. The molecule has 2 N–H and O–H groups in total. The number of nitrogens with one attached hydrogen (secondary N) is 2. The molecule has 7 heteroatoms. The zero-order valence-electron chi connectivity index (χ0n) is 11.2. The summed E-state index contributed by atoms with van der Waals surface area (Å²) < 4.78 is 24.1. The number of thiophene rings is 1. The van der Waals surface area contributed by atoms with E-state index in [2.05, 4.69) is 24.0 Å². The van der Waals surface area contributed by atoms with Gasteiger partial charge in [-0.25, -0.2) is 13.4 Å². The molecule has 0 saturated carbocycles. The summed E-state index contributed by atoms with van der Waals surface area (Å²) in [4.78, 5) is 3.49. The molecule has 0 aliphatic heterocycles. The smallest absolute Gasteiger partial charge is 0.262 e. The Balaban J connectivity index is 2.63. The van der Waals surface area contributed by atoms with E-state index in [0.717, 1.165) is 17.8 Å². The zero-order chi connectivity index (χ0) is 13.8. The number of sulfonamides is 1. The fourth-order valence-electron chi connectivity index (χ4n) is 1.41. The van der Waals surface area contributed by atoms with Crippen LogP contribution in [0.5, 0.6) is 0 Å². The maximum Gasteiger partial charge on any atom is 0.262 e. The van der Waals surface area contributed by atoms with Gasteiger partial charge < -0.3 is 5.32 Å². The van der Waals surface area contributed by atoms with E-state index >= 15 is 0 Å². The zero-order valence-corrected chi connectivity index (χ0v) is 12.9. The van der Waals surface area contributed by atoms with Gasteiger partial charge in [0.1, 0.15) is 4.21 Å². The summed E-state index contributed by atoms with van der Waals surface area (Å²) in [6, 6.07) is 3.97. The molecule has 0 aliphatic carbocycles. The Bertz CT molecular complexity index is 466. The van der Waals surface area contributed by atoms with Crippen molar-refractivity contribution in [1.82, 2.24) is 15.2 Å². The van der Waals surface area contributed by atoms with Crippen molar-refractivity contribution in [1.29, 1.82) is 0 Å². The van der Waals surface area contributed by atoms with Crippen molar-refractivity contribution in [3.63, 3.8) is 0 Å². The summed E-state index contributed by atoms with van der Waals surface area (Å²) >= 11 is 1.32. The summed E-state index contributed by atoms with van der Waals surface area (Å²) in [5.41, 5.74) is 0. The van der Waals surface area contributed by atoms with Gasteiger partial charge in [0.05, 0.1) is 0 Å². The van der Waals surface area contributed by atoms with Crippen molar-refractivity contribution in [2.75, 3.05) is 20.6 Å². The maximum absolute atomic E-state index is 11.9. The van der Waals surface area contributed by atoms with Crippen LogP contribution in [0.2, 0.25) is 0 Å². The minimum atomic E-state index is -3.41. The van der Waals surface area contributed by atoms with Crippen LogP contribution in [0, 0.1) is 0 Å². The highest BCUT2D eigenvalue weighted by Crippen LogP contribution is 2.21. The van der Waals surface area contributed by atoms with E-state index in [1.165, 1.54) is 16.3 Å². The van der Waals surface area contributed by atoms with Crippen molar-refractivity contribution in [3.05, 3.63) is 17.0 Å². The van der Waals surface area contributed by atoms with Gasteiger partial charge >= 0.3 is 0 Å². The summed E-state index contributed by atoms with van der Waals surface area (Å²) in [6.07, 6.45) is 0.848. The number of hydrazine groups is 1. The molecule has 104 valence electrons. The van der Waals surface area contributed by atoms with Gasteiger partial charge in [-0.05, 0) is 18.6 Å². The van der Waals surface area contributed by atoms with Crippen LogP contribution in [-0.2, 0) is 16.4 Å². The summed E-state index contributed by atoms with van der Waals surface area (Å²) in [5, 5.41) is 4.73. The van der Waals surface area contributed by atoms with Crippen LogP contribution in [0.25, 0.3) is 0 Å². The second-order valence-electron chi connectivity index (χ2n) is 4.57. The van der Waals surface area contributed by atoms with Crippen LogP contribution in [-0.4, -0.2) is 40.1 Å². The number of rotatable bonds is 7. The molecule has 0 aromatic carbocycles. The van der Waals surface area contributed by atoms with Gasteiger partial charge in [-0.1, -0.05) is 13.8 Å². The van der Waals surface area contributed by atoms with Gasteiger partial charge in [0.25, 0.3) is 10.0 Å². The van der Waals surface area contributed by atoms with Crippen molar-refractivity contribution >= 4 is 21.4 Å². The number of hydrogen-bond acceptors (Lipinski definition) is 5. The first-order chi connectivity index (χ1) is 8.31. The van der Waals surface area contributed by atoms with Crippen molar-refractivity contribution in [2.24, 2.45) is 0 Å². The lowest BCUT2D eigenvalue weighted by Gasteiger charge is -2.10. The average Bonchev–Trinajstić information content (AvgIpc) is 2.64. The third kappa shape index (κ3) is 5.03. The second-order valence-corrected chi connectivity index (χ2v) is 7.62. The number of hydrogen-bond donors (Lipinski definition) is 2. The molecule has 0 spiro atoms. The van der Waals surface area contributed by atoms with Crippen LogP contribution >= 0.6 is 11.3 Å². The highest BCUT2D eigenvalue weighted by molar-refractivity contribution is 7.91. The predicted molar refractivity (Wildman–Crippen MR) is 75.2 cm³/mol. The Morgan fingerprint density at radius 2 is 2.00 bits per heavy atom. The molecular formula is C11H21N3O2S2. The van der Waals surface area contributed by atoms with Gasteiger partial charge in [-0.15, -0.1) is 16.2 Å². The molecule has 1 aromatic rings. The first-order valence-corrected chi connectivity index (χ1v) is 8.13. The fraction of sp³-hybridized carbons (Fsp3) is 0.636. The lowest BCUT2D eigenvalue weighted by atomic mass is 10.3. The fourth-order valence-corrected chi connectivity index (χ4v) is 3.83. The van der Waals surface area contributed by atoms with E-state index in [1.54, 1.807) is 20.2 Å². The molecule has 0 bridgehead atoms. The average molecular weight is 291 g/mol. The van der Waals surface area contributed by atoms with E-state index in [0.29, 0.717) is 10.3 Å². The molecule has 0 radical (unpaired) electrons. The van der Waals surface area contributed by atoms with Gasteiger partial charge in [0, 0.05) is 31.6 Å². The van der Waals surface area contributed by atoms with Crippen molar-refractivity contribution < 1.29 is 8.42 Å². The van der Waals surface area contributed by atoms with Gasteiger partial charge in [-0.3, -0.25) is 0 Å². The monoisotopic (exact) mass is 291 g/mol. The van der Waals surface area contributed by atoms with E-state index in [4.69, 9.17) is 0 Å². The molecule has 0 fully saturated rings. The van der Waals surface area contributed by atoms with Crippen LogP contribution in [0.4, 0.5) is 0 Å². The lowest BCUT2D eigenvalue weighted by Crippen LogP contribution is -2.35. The largest absolute Gasteiger partial charge is 0.314 e. The van der Waals surface area contributed by atoms with E-state index in [-0.39, 0.29) is 0 Å².